The van der Waals surface area contributed by atoms with E-state index in [4.69, 9.17) is 11.6 Å². The standard InChI is InChI=1S/C23H30ClN5O/c24-20-8-2-1-7-19(20)21(28-11-5-6-12-28)17-26-23(30)18-27-13-15-29(16-14-27)22-9-3-4-10-25-22/h1-4,7-10,21H,5-6,11-18H2,(H,26,30). The van der Waals surface area contributed by atoms with Crippen LogP contribution in [-0.4, -0.2) is 73.0 Å². The molecule has 4 rings (SSSR count). The maximum atomic E-state index is 12.7. The van der Waals surface area contributed by atoms with Crippen LogP contribution in [0, 0.1) is 0 Å². The molecule has 1 atom stereocenters. The van der Waals surface area contributed by atoms with Crippen LogP contribution in [0.4, 0.5) is 5.82 Å². The molecule has 1 unspecified atom stereocenters. The van der Waals surface area contributed by atoms with Gasteiger partial charge in [-0.2, -0.15) is 0 Å². The average Bonchev–Trinajstić information content (AvgIpc) is 3.31. The van der Waals surface area contributed by atoms with Gasteiger partial charge in [0.15, 0.2) is 0 Å². The lowest BCUT2D eigenvalue weighted by Crippen LogP contribution is -2.50. The summed E-state index contributed by atoms with van der Waals surface area (Å²) in [5, 5.41) is 3.94. The van der Waals surface area contributed by atoms with E-state index < -0.39 is 0 Å². The third-order valence-corrected chi connectivity index (χ3v) is 6.40. The van der Waals surface area contributed by atoms with Crippen molar-refractivity contribution in [3.8, 4) is 0 Å². The largest absolute Gasteiger partial charge is 0.354 e. The first-order valence-electron chi connectivity index (χ1n) is 10.8. The van der Waals surface area contributed by atoms with Crippen molar-refractivity contribution in [2.45, 2.75) is 18.9 Å². The average molecular weight is 428 g/mol. The molecule has 0 saturated carbocycles. The minimum atomic E-state index is 0.0811. The Morgan fingerprint density at radius 1 is 1.00 bits per heavy atom. The van der Waals surface area contributed by atoms with Gasteiger partial charge in [0, 0.05) is 43.9 Å². The molecule has 1 aromatic heterocycles. The van der Waals surface area contributed by atoms with Gasteiger partial charge in [0.25, 0.3) is 0 Å². The Bertz CT molecular complexity index is 819. The molecule has 3 heterocycles. The van der Waals surface area contributed by atoms with Gasteiger partial charge in [-0.15, -0.1) is 0 Å². The number of piperazine rings is 1. The van der Waals surface area contributed by atoms with E-state index in [0.717, 1.165) is 55.7 Å². The summed E-state index contributed by atoms with van der Waals surface area (Å²) < 4.78 is 0. The van der Waals surface area contributed by atoms with Crippen LogP contribution in [0.3, 0.4) is 0 Å². The molecular formula is C23H30ClN5O. The number of hydrogen-bond donors (Lipinski definition) is 1. The molecule has 2 saturated heterocycles. The van der Waals surface area contributed by atoms with Gasteiger partial charge in [-0.3, -0.25) is 14.6 Å². The number of rotatable bonds is 7. The molecule has 0 radical (unpaired) electrons. The number of nitrogens with zero attached hydrogens (tertiary/aromatic N) is 4. The predicted molar refractivity (Wildman–Crippen MR) is 121 cm³/mol. The molecule has 160 valence electrons. The van der Waals surface area contributed by atoms with Crippen molar-refractivity contribution in [2.24, 2.45) is 0 Å². The zero-order valence-corrected chi connectivity index (χ0v) is 18.1. The fourth-order valence-electron chi connectivity index (χ4n) is 4.38. The first kappa shape index (κ1) is 21.1. The van der Waals surface area contributed by atoms with E-state index in [-0.39, 0.29) is 11.9 Å². The highest BCUT2D eigenvalue weighted by Crippen LogP contribution is 2.29. The van der Waals surface area contributed by atoms with Gasteiger partial charge >= 0.3 is 0 Å². The maximum Gasteiger partial charge on any atom is 0.234 e. The van der Waals surface area contributed by atoms with Crippen molar-refractivity contribution in [3.63, 3.8) is 0 Å². The number of carbonyl (C=O) groups is 1. The summed E-state index contributed by atoms with van der Waals surface area (Å²) in [7, 11) is 0. The van der Waals surface area contributed by atoms with Crippen LogP contribution >= 0.6 is 11.6 Å². The van der Waals surface area contributed by atoms with E-state index in [0.29, 0.717) is 13.1 Å². The lowest BCUT2D eigenvalue weighted by Gasteiger charge is -2.35. The van der Waals surface area contributed by atoms with Gasteiger partial charge in [-0.05, 0) is 49.7 Å². The Kier molecular flexibility index (Phi) is 7.20. The number of amides is 1. The number of nitrogens with one attached hydrogen (secondary N) is 1. The summed E-state index contributed by atoms with van der Waals surface area (Å²) in [4.78, 5) is 24.0. The molecule has 1 N–H and O–H groups in total. The second-order valence-electron chi connectivity index (χ2n) is 8.04. The first-order valence-corrected chi connectivity index (χ1v) is 11.2. The zero-order chi connectivity index (χ0) is 20.8. The summed E-state index contributed by atoms with van der Waals surface area (Å²) in [5.74, 6) is 1.09. The molecule has 2 fully saturated rings. The Morgan fingerprint density at radius 2 is 1.73 bits per heavy atom. The van der Waals surface area contributed by atoms with Crippen LogP contribution < -0.4 is 10.2 Å². The number of hydrogen-bond acceptors (Lipinski definition) is 5. The lowest BCUT2D eigenvalue weighted by molar-refractivity contribution is -0.122. The van der Waals surface area contributed by atoms with Crippen molar-refractivity contribution < 1.29 is 4.79 Å². The van der Waals surface area contributed by atoms with Gasteiger partial charge in [0.2, 0.25) is 5.91 Å². The molecule has 2 aromatic rings. The van der Waals surface area contributed by atoms with E-state index in [2.05, 4.69) is 31.1 Å². The molecular weight excluding hydrogens is 398 g/mol. The fourth-order valence-corrected chi connectivity index (χ4v) is 4.64. The minimum absolute atomic E-state index is 0.0811. The molecule has 0 spiro atoms. The van der Waals surface area contributed by atoms with Crippen LogP contribution in [0.25, 0.3) is 0 Å². The number of anilines is 1. The summed E-state index contributed by atoms with van der Waals surface area (Å²) in [6.07, 6.45) is 4.23. The van der Waals surface area contributed by atoms with E-state index in [1.54, 1.807) is 0 Å². The Morgan fingerprint density at radius 3 is 2.43 bits per heavy atom. The summed E-state index contributed by atoms with van der Waals surface area (Å²) in [6.45, 7) is 6.65. The minimum Gasteiger partial charge on any atom is -0.354 e. The van der Waals surface area contributed by atoms with E-state index >= 15 is 0 Å². The molecule has 1 aromatic carbocycles. The van der Waals surface area contributed by atoms with Crippen molar-refractivity contribution in [2.75, 3.05) is 57.3 Å². The fraction of sp³-hybridized carbons (Fsp3) is 0.478. The molecule has 0 aliphatic carbocycles. The van der Waals surface area contributed by atoms with Gasteiger partial charge in [-0.1, -0.05) is 35.9 Å². The normalized spacial score (nSPS) is 19.0. The summed E-state index contributed by atoms with van der Waals surface area (Å²) >= 11 is 6.48. The van der Waals surface area contributed by atoms with Gasteiger partial charge in [-0.25, -0.2) is 4.98 Å². The van der Waals surface area contributed by atoms with Gasteiger partial charge in [0.05, 0.1) is 12.6 Å². The SMILES string of the molecule is O=C(CN1CCN(c2ccccn2)CC1)NCC(c1ccccc1Cl)N1CCCC1. The molecule has 0 bridgehead atoms. The maximum absolute atomic E-state index is 12.7. The summed E-state index contributed by atoms with van der Waals surface area (Å²) in [5.41, 5.74) is 1.10. The van der Waals surface area contributed by atoms with Crippen LogP contribution in [-0.2, 0) is 4.79 Å². The molecule has 30 heavy (non-hydrogen) atoms. The second kappa shape index (κ2) is 10.2. The Balaban J connectivity index is 1.28. The monoisotopic (exact) mass is 427 g/mol. The Hall–Kier alpha value is -2.15. The highest BCUT2D eigenvalue weighted by molar-refractivity contribution is 6.31. The van der Waals surface area contributed by atoms with Crippen molar-refractivity contribution in [3.05, 3.63) is 59.2 Å². The molecule has 2 aliphatic rings. The highest BCUT2D eigenvalue weighted by Gasteiger charge is 2.26. The van der Waals surface area contributed by atoms with E-state index in [9.17, 15) is 4.79 Å². The summed E-state index contributed by atoms with van der Waals surface area (Å²) in [6, 6.07) is 14.1. The predicted octanol–water partition coefficient (Wildman–Crippen LogP) is 2.81. The number of benzene rings is 1. The molecule has 7 heteroatoms. The van der Waals surface area contributed by atoms with Crippen molar-refractivity contribution in [1.82, 2.24) is 20.1 Å². The van der Waals surface area contributed by atoms with Gasteiger partial charge < -0.3 is 10.2 Å². The van der Waals surface area contributed by atoms with E-state index in [1.165, 1.54) is 12.8 Å². The van der Waals surface area contributed by atoms with Crippen LogP contribution in [0.2, 0.25) is 5.02 Å². The topological polar surface area (TPSA) is 51.7 Å². The Labute approximate surface area is 183 Å². The zero-order valence-electron chi connectivity index (χ0n) is 17.3. The third-order valence-electron chi connectivity index (χ3n) is 6.05. The number of pyridine rings is 1. The number of carbonyl (C=O) groups excluding carboxylic acids is 1. The smallest absolute Gasteiger partial charge is 0.234 e. The third kappa shape index (κ3) is 5.31. The quantitative estimate of drug-likeness (QED) is 0.736. The first-order chi connectivity index (χ1) is 14.7. The van der Waals surface area contributed by atoms with Crippen LogP contribution in [0.15, 0.2) is 48.7 Å². The number of likely N-dealkylation sites (tertiary alicyclic amines) is 1. The van der Waals surface area contributed by atoms with Crippen molar-refractivity contribution in [1.29, 1.82) is 0 Å². The number of aromatic nitrogens is 1. The van der Waals surface area contributed by atoms with Gasteiger partial charge in [0.1, 0.15) is 5.82 Å². The van der Waals surface area contributed by atoms with Crippen LogP contribution in [0.1, 0.15) is 24.4 Å². The molecule has 6 nitrogen and oxygen atoms in total. The van der Waals surface area contributed by atoms with Crippen molar-refractivity contribution >= 4 is 23.3 Å². The van der Waals surface area contributed by atoms with E-state index in [1.807, 2.05) is 42.6 Å². The second-order valence-corrected chi connectivity index (χ2v) is 8.44. The van der Waals surface area contributed by atoms with Crippen LogP contribution in [0.5, 0.6) is 0 Å². The number of halogens is 1. The molecule has 1 amide bonds. The molecule has 2 aliphatic heterocycles. The highest BCUT2D eigenvalue weighted by atomic mass is 35.5. The lowest BCUT2D eigenvalue weighted by atomic mass is 10.1.